The van der Waals surface area contributed by atoms with E-state index in [9.17, 15) is 0 Å². The number of rotatable bonds is 2. The van der Waals surface area contributed by atoms with E-state index in [0.717, 1.165) is 0 Å². The monoisotopic (exact) mass is 482 g/mol. The molecule has 0 aliphatic carbocycles. The Bertz CT molecular complexity index is 2120. The van der Waals surface area contributed by atoms with E-state index in [1.807, 2.05) is 0 Å². The van der Waals surface area contributed by atoms with Crippen molar-refractivity contribution in [3.63, 3.8) is 0 Å². The van der Waals surface area contributed by atoms with Crippen LogP contribution in [0.1, 0.15) is 1.43 Å². The van der Waals surface area contributed by atoms with Gasteiger partial charge in [0.2, 0.25) is 0 Å². The Morgan fingerprint density at radius 1 is 0.289 bits per heavy atom. The summed E-state index contributed by atoms with van der Waals surface area (Å²) in [5.74, 6) is 0. The van der Waals surface area contributed by atoms with E-state index in [1.165, 1.54) is 76.1 Å². The van der Waals surface area contributed by atoms with Gasteiger partial charge >= 0.3 is 0 Å². The van der Waals surface area contributed by atoms with Crippen LogP contribution in [0.15, 0.2) is 146 Å². The van der Waals surface area contributed by atoms with Crippen LogP contribution in [0, 0.1) is 0 Å². The van der Waals surface area contributed by atoms with E-state index in [2.05, 4.69) is 146 Å². The maximum Gasteiger partial charge on any atom is 0 e. The van der Waals surface area contributed by atoms with Crippen molar-refractivity contribution < 1.29 is 1.43 Å². The fourth-order valence-electron chi connectivity index (χ4n) is 6.33. The Labute approximate surface area is 222 Å². The molecule has 0 fully saturated rings. The highest BCUT2D eigenvalue weighted by atomic mass is 14.2. The van der Waals surface area contributed by atoms with Gasteiger partial charge in [-0.3, -0.25) is 0 Å². The van der Waals surface area contributed by atoms with Gasteiger partial charge in [-0.25, -0.2) is 0 Å². The summed E-state index contributed by atoms with van der Waals surface area (Å²) in [4.78, 5) is 0. The van der Waals surface area contributed by atoms with Gasteiger partial charge in [-0.15, -0.1) is 0 Å². The van der Waals surface area contributed by atoms with Crippen LogP contribution in [-0.4, -0.2) is 0 Å². The fourth-order valence-corrected chi connectivity index (χ4v) is 6.33. The van der Waals surface area contributed by atoms with Crippen LogP contribution in [0.4, 0.5) is 0 Å². The molecule has 0 aliphatic heterocycles. The third kappa shape index (κ3) is 3.11. The first kappa shape index (κ1) is 21.2. The molecule has 0 unspecified atom stereocenters. The minimum absolute atomic E-state index is 0. The zero-order chi connectivity index (χ0) is 25.1. The molecule has 178 valence electrons. The summed E-state index contributed by atoms with van der Waals surface area (Å²) in [6, 6.07) is 53.3. The Balaban J connectivity index is 0.00000253. The number of hydrogen-bond acceptors (Lipinski definition) is 0. The van der Waals surface area contributed by atoms with Gasteiger partial charge < -0.3 is 0 Å². The van der Waals surface area contributed by atoms with Crippen molar-refractivity contribution in [2.75, 3.05) is 0 Å². The van der Waals surface area contributed by atoms with E-state index >= 15 is 0 Å². The van der Waals surface area contributed by atoms with Crippen LogP contribution >= 0.6 is 0 Å². The average Bonchev–Trinajstić information content (AvgIpc) is 2.99. The molecular formula is C38H26. The molecule has 38 heavy (non-hydrogen) atoms. The Hall–Kier alpha value is -4.94. The topological polar surface area (TPSA) is 0 Å². The molecular weight excluding hydrogens is 456 g/mol. The third-order valence-corrected chi connectivity index (χ3v) is 8.01. The molecule has 0 saturated heterocycles. The summed E-state index contributed by atoms with van der Waals surface area (Å²) in [5.41, 5.74) is 5.14. The lowest BCUT2D eigenvalue weighted by molar-refractivity contribution is 1.66. The largest absolute Gasteiger partial charge is 0.0622 e. The van der Waals surface area contributed by atoms with Crippen LogP contribution in [0.2, 0.25) is 0 Å². The van der Waals surface area contributed by atoms with E-state index in [1.54, 1.807) is 0 Å². The summed E-state index contributed by atoms with van der Waals surface area (Å²) in [7, 11) is 0. The average molecular weight is 483 g/mol. The van der Waals surface area contributed by atoms with Gasteiger partial charge in [0.05, 0.1) is 0 Å². The predicted molar refractivity (Wildman–Crippen MR) is 167 cm³/mol. The van der Waals surface area contributed by atoms with Gasteiger partial charge in [-0.05, 0) is 88.2 Å². The minimum atomic E-state index is 0. The second-order valence-corrected chi connectivity index (χ2v) is 10.1. The standard InChI is InChI=1S/C38H24.H2/c1-2-11-25(12-3-1)37-32-15-6-8-17-34(32)38(35-18-9-7-16-33(35)37)31-20-10-19-29-30(31)22-21-28-23-26-13-4-5-14-27(26)24-36(28)29;/h1-24H;1H. The lowest BCUT2D eigenvalue weighted by Crippen LogP contribution is -1.91. The van der Waals surface area contributed by atoms with Crippen molar-refractivity contribution in [3.05, 3.63) is 146 Å². The summed E-state index contributed by atoms with van der Waals surface area (Å²) in [6.45, 7) is 0. The van der Waals surface area contributed by atoms with Crippen LogP contribution in [0.25, 0.3) is 76.1 Å². The van der Waals surface area contributed by atoms with Crippen LogP contribution in [0.5, 0.6) is 0 Å². The molecule has 0 aromatic heterocycles. The summed E-state index contributed by atoms with van der Waals surface area (Å²) < 4.78 is 0. The zero-order valence-corrected chi connectivity index (χ0v) is 20.9. The predicted octanol–water partition coefficient (Wildman–Crippen LogP) is 11.0. The lowest BCUT2D eigenvalue weighted by Gasteiger charge is -2.19. The molecule has 0 aliphatic rings. The zero-order valence-electron chi connectivity index (χ0n) is 20.9. The molecule has 0 spiro atoms. The Morgan fingerprint density at radius 3 is 1.53 bits per heavy atom. The number of hydrogen-bond donors (Lipinski definition) is 0. The molecule has 0 heteroatoms. The van der Waals surface area contributed by atoms with Crippen LogP contribution < -0.4 is 0 Å². The van der Waals surface area contributed by atoms with Crippen molar-refractivity contribution >= 4 is 53.9 Å². The maximum absolute atomic E-state index is 2.35. The summed E-state index contributed by atoms with van der Waals surface area (Å²) >= 11 is 0. The molecule has 0 heterocycles. The second kappa shape index (κ2) is 8.30. The summed E-state index contributed by atoms with van der Waals surface area (Å²) in [5, 5.41) is 12.9. The van der Waals surface area contributed by atoms with Crippen molar-refractivity contribution in [2.45, 2.75) is 0 Å². The molecule has 0 amide bonds. The molecule has 0 N–H and O–H groups in total. The molecule has 8 rings (SSSR count). The molecule has 0 radical (unpaired) electrons. The quantitative estimate of drug-likeness (QED) is 0.170. The molecule has 8 aromatic rings. The van der Waals surface area contributed by atoms with Crippen molar-refractivity contribution in [1.29, 1.82) is 0 Å². The SMILES string of the molecule is [HH].c1ccc(-c2c3ccccc3c(-c3cccc4c3ccc3cc5ccccc5cc34)c3ccccc23)cc1. The van der Waals surface area contributed by atoms with Gasteiger partial charge in [0.25, 0.3) is 0 Å². The maximum atomic E-state index is 2.35. The lowest BCUT2D eigenvalue weighted by atomic mass is 9.84. The van der Waals surface area contributed by atoms with Gasteiger partial charge in [0.1, 0.15) is 0 Å². The van der Waals surface area contributed by atoms with Gasteiger partial charge in [0, 0.05) is 1.43 Å². The number of benzene rings is 8. The smallest absolute Gasteiger partial charge is 0 e. The van der Waals surface area contributed by atoms with Crippen molar-refractivity contribution in [3.8, 4) is 22.3 Å². The Morgan fingerprint density at radius 2 is 0.842 bits per heavy atom. The van der Waals surface area contributed by atoms with Crippen molar-refractivity contribution in [2.24, 2.45) is 0 Å². The van der Waals surface area contributed by atoms with Crippen molar-refractivity contribution in [1.82, 2.24) is 0 Å². The normalized spacial score (nSPS) is 11.7. The molecule has 0 nitrogen and oxygen atoms in total. The van der Waals surface area contributed by atoms with Gasteiger partial charge in [-0.2, -0.15) is 0 Å². The molecule has 0 atom stereocenters. The summed E-state index contributed by atoms with van der Waals surface area (Å²) in [6.07, 6.45) is 0. The minimum Gasteiger partial charge on any atom is -0.0622 e. The highest BCUT2D eigenvalue weighted by Crippen LogP contribution is 2.45. The van der Waals surface area contributed by atoms with Gasteiger partial charge in [0.15, 0.2) is 0 Å². The fraction of sp³-hybridized carbons (Fsp3) is 0. The third-order valence-electron chi connectivity index (χ3n) is 8.01. The highest BCUT2D eigenvalue weighted by molar-refractivity contribution is 6.25. The first-order valence-electron chi connectivity index (χ1n) is 13.2. The van der Waals surface area contributed by atoms with E-state index < -0.39 is 0 Å². The molecule has 0 bridgehead atoms. The number of fused-ring (bicyclic) bond motifs is 6. The Kier molecular flexibility index (Phi) is 4.62. The molecule has 8 aromatic carbocycles. The van der Waals surface area contributed by atoms with Gasteiger partial charge in [-0.1, -0.05) is 133 Å². The second-order valence-electron chi connectivity index (χ2n) is 10.1. The van der Waals surface area contributed by atoms with Crippen LogP contribution in [0.3, 0.4) is 0 Å². The van der Waals surface area contributed by atoms with E-state index in [-0.39, 0.29) is 1.43 Å². The van der Waals surface area contributed by atoms with E-state index in [4.69, 9.17) is 0 Å². The highest BCUT2D eigenvalue weighted by Gasteiger charge is 2.18. The van der Waals surface area contributed by atoms with E-state index in [0.29, 0.717) is 0 Å². The first-order chi connectivity index (χ1) is 18.9. The molecule has 0 saturated carbocycles. The first-order valence-corrected chi connectivity index (χ1v) is 13.2. The van der Waals surface area contributed by atoms with Crippen LogP contribution in [-0.2, 0) is 0 Å².